The van der Waals surface area contributed by atoms with Gasteiger partial charge in [0, 0.05) is 16.7 Å². The van der Waals surface area contributed by atoms with Crippen LogP contribution in [0.1, 0.15) is 5.56 Å². The third-order valence-corrected chi connectivity index (χ3v) is 12.8. The summed E-state index contributed by atoms with van der Waals surface area (Å²) in [6.07, 6.45) is 0. The number of benzene rings is 10. The molecule has 10 aromatic carbocycles. The number of nitrogens with zero attached hydrogens (tertiary/aromatic N) is 4. The highest BCUT2D eigenvalue weighted by Gasteiger charge is 2.21. The molecule has 1 heterocycles. The van der Waals surface area contributed by atoms with Gasteiger partial charge in [-0.3, -0.25) is 0 Å². The van der Waals surface area contributed by atoms with Crippen molar-refractivity contribution in [2.75, 3.05) is 0 Å². The molecule has 4 heteroatoms. The van der Waals surface area contributed by atoms with Crippen molar-refractivity contribution in [1.82, 2.24) is 15.0 Å². The fraction of sp³-hybridized carbons (Fsp3) is 0. The SMILES string of the molecule is N#Cc1cc(-c2ccc(-c3ccc4c(c3)-c3cccc5cccc-4c35)cc2)ccc1-c1ccc(-c2ccc(-c3nc(-c4ccccc4)nc(-c4cccc(-c5ccccc5)c4)n3)cc2)cc1. The van der Waals surface area contributed by atoms with Crippen LogP contribution in [0.2, 0.25) is 0 Å². The van der Waals surface area contributed by atoms with E-state index in [1.54, 1.807) is 0 Å². The van der Waals surface area contributed by atoms with Crippen LogP contribution < -0.4 is 0 Å². The first-order chi connectivity index (χ1) is 32.6. The first-order valence-electron chi connectivity index (χ1n) is 22.1. The molecule has 0 saturated heterocycles. The lowest BCUT2D eigenvalue weighted by Crippen LogP contribution is -2.00. The summed E-state index contributed by atoms with van der Waals surface area (Å²) in [5, 5.41) is 13.0. The summed E-state index contributed by atoms with van der Waals surface area (Å²) in [4.78, 5) is 14.9. The van der Waals surface area contributed by atoms with Crippen LogP contribution in [0.3, 0.4) is 0 Å². The molecule has 0 spiro atoms. The normalized spacial score (nSPS) is 11.3. The van der Waals surface area contributed by atoms with E-state index in [4.69, 9.17) is 15.0 Å². The fourth-order valence-electron chi connectivity index (χ4n) is 9.37. The fourth-order valence-corrected chi connectivity index (χ4v) is 9.37. The standard InChI is InChI=1S/C62H38N4/c63-39-53-37-50(43-20-22-44(23-21-43)51-33-35-55-56-18-8-14-46-15-9-19-57(59(46)56)58(55)38-51)32-34-54(53)45-28-24-41(25-29-45)42-26-30-48(31-27-42)61-64-60(47-12-5-2-6-13-47)65-62(66-61)52-17-7-16-49(36-52)40-10-3-1-4-11-40/h1-38H. The van der Waals surface area contributed by atoms with E-state index in [1.807, 2.05) is 54.6 Å². The van der Waals surface area contributed by atoms with Crippen LogP contribution in [0.5, 0.6) is 0 Å². The van der Waals surface area contributed by atoms with Crippen molar-refractivity contribution in [1.29, 1.82) is 5.26 Å². The van der Waals surface area contributed by atoms with E-state index in [-0.39, 0.29) is 0 Å². The molecule has 0 unspecified atom stereocenters. The zero-order valence-corrected chi connectivity index (χ0v) is 35.7. The molecule has 4 nitrogen and oxygen atoms in total. The summed E-state index contributed by atoms with van der Waals surface area (Å²) in [7, 11) is 0. The minimum Gasteiger partial charge on any atom is -0.208 e. The predicted molar refractivity (Wildman–Crippen MR) is 270 cm³/mol. The van der Waals surface area contributed by atoms with Crippen molar-refractivity contribution in [3.8, 4) is 118 Å². The number of nitriles is 1. The first kappa shape index (κ1) is 38.6. The smallest absolute Gasteiger partial charge is 0.164 e. The van der Waals surface area contributed by atoms with Crippen molar-refractivity contribution in [2.24, 2.45) is 0 Å². The molecule has 1 aliphatic rings. The minimum absolute atomic E-state index is 0.609. The minimum atomic E-state index is 0.609. The monoisotopic (exact) mass is 838 g/mol. The Morgan fingerprint density at radius 2 is 0.652 bits per heavy atom. The molecule has 0 radical (unpaired) electrons. The van der Waals surface area contributed by atoms with Crippen molar-refractivity contribution < 1.29 is 0 Å². The second kappa shape index (κ2) is 16.3. The van der Waals surface area contributed by atoms with Crippen LogP contribution in [0.15, 0.2) is 231 Å². The van der Waals surface area contributed by atoms with Crippen LogP contribution >= 0.6 is 0 Å². The molecule has 1 aromatic heterocycles. The third kappa shape index (κ3) is 7.02. The van der Waals surface area contributed by atoms with Crippen LogP contribution in [-0.4, -0.2) is 15.0 Å². The zero-order valence-electron chi connectivity index (χ0n) is 35.7. The average molecular weight is 839 g/mol. The molecule has 0 aliphatic heterocycles. The number of hydrogen-bond donors (Lipinski definition) is 0. The summed E-state index contributed by atoms with van der Waals surface area (Å²) in [6, 6.07) is 82.8. The molecular formula is C62H38N4. The van der Waals surface area contributed by atoms with E-state index in [0.717, 1.165) is 66.8 Å². The molecule has 0 bridgehead atoms. The van der Waals surface area contributed by atoms with E-state index in [0.29, 0.717) is 23.0 Å². The summed E-state index contributed by atoms with van der Waals surface area (Å²) < 4.78 is 0. The maximum atomic E-state index is 10.4. The molecule has 66 heavy (non-hydrogen) atoms. The number of aromatic nitrogens is 3. The lowest BCUT2D eigenvalue weighted by Gasteiger charge is -2.11. The molecule has 0 N–H and O–H groups in total. The van der Waals surface area contributed by atoms with Gasteiger partial charge in [0.2, 0.25) is 0 Å². The van der Waals surface area contributed by atoms with E-state index in [9.17, 15) is 5.26 Å². The van der Waals surface area contributed by atoms with Gasteiger partial charge in [0.05, 0.1) is 11.6 Å². The van der Waals surface area contributed by atoms with Crippen molar-refractivity contribution in [3.63, 3.8) is 0 Å². The van der Waals surface area contributed by atoms with Gasteiger partial charge in [0.25, 0.3) is 0 Å². The zero-order chi connectivity index (χ0) is 44.0. The second-order valence-corrected chi connectivity index (χ2v) is 16.7. The highest BCUT2D eigenvalue weighted by molar-refractivity contribution is 6.15. The Morgan fingerprint density at radius 3 is 1.26 bits per heavy atom. The van der Waals surface area contributed by atoms with E-state index < -0.39 is 0 Å². The molecule has 1 aliphatic carbocycles. The molecule has 12 rings (SSSR count). The van der Waals surface area contributed by atoms with Crippen LogP contribution in [0.25, 0.3) is 123 Å². The number of rotatable bonds is 8. The summed E-state index contributed by atoms with van der Waals surface area (Å²) in [6.45, 7) is 0. The first-order valence-corrected chi connectivity index (χ1v) is 22.1. The van der Waals surface area contributed by atoms with Crippen molar-refractivity contribution >= 4 is 10.8 Å². The Hall–Kier alpha value is -9.04. The predicted octanol–water partition coefficient (Wildman–Crippen LogP) is 15.9. The molecule has 0 amide bonds. The molecule has 0 fully saturated rings. The van der Waals surface area contributed by atoms with Gasteiger partial charge in [-0.2, -0.15) is 5.26 Å². The highest BCUT2D eigenvalue weighted by atomic mass is 15.0. The van der Waals surface area contributed by atoms with E-state index >= 15 is 0 Å². The van der Waals surface area contributed by atoms with Crippen molar-refractivity contribution in [2.45, 2.75) is 0 Å². The Balaban J connectivity index is 0.785. The van der Waals surface area contributed by atoms with E-state index in [2.05, 4.69) is 182 Å². The molecule has 0 saturated carbocycles. The third-order valence-electron chi connectivity index (χ3n) is 12.8. The summed E-state index contributed by atoms with van der Waals surface area (Å²) >= 11 is 0. The van der Waals surface area contributed by atoms with Crippen LogP contribution in [-0.2, 0) is 0 Å². The Morgan fingerprint density at radius 1 is 0.258 bits per heavy atom. The topological polar surface area (TPSA) is 62.5 Å². The maximum Gasteiger partial charge on any atom is 0.164 e. The van der Waals surface area contributed by atoms with Gasteiger partial charge in [-0.05, 0) is 107 Å². The van der Waals surface area contributed by atoms with Crippen LogP contribution in [0, 0.1) is 11.3 Å². The largest absolute Gasteiger partial charge is 0.208 e. The second-order valence-electron chi connectivity index (χ2n) is 16.7. The van der Waals surface area contributed by atoms with Gasteiger partial charge in [-0.1, -0.05) is 212 Å². The number of hydrogen-bond acceptors (Lipinski definition) is 4. The van der Waals surface area contributed by atoms with Gasteiger partial charge in [0.15, 0.2) is 17.5 Å². The molecular weight excluding hydrogens is 801 g/mol. The Bertz CT molecular complexity index is 3660. The van der Waals surface area contributed by atoms with Gasteiger partial charge < -0.3 is 0 Å². The lowest BCUT2D eigenvalue weighted by atomic mass is 9.93. The van der Waals surface area contributed by atoms with Gasteiger partial charge >= 0.3 is 0 Å². The van der Waals surface area contributed by atoms with Crippen molar-refractivity contribution in [3.05, 3.63) is 236 Å². The summed E-state index contributed by atoms with van der Waals surface area (Å²) in [5.74, 6) is 1.85. The maximum absolute atomic E-state index is 10.4. The Labute approximate surface area is 383 Å². The van der Waals surface area contributed by atoms with Gasteiger partial charge in [-0.25, -0.2) is 15.0 Å². The van der Waals surface area contributed by atoms with E-state index in [1.165, 1.54) is 38.6 Å². The average Bonchev–Trinajstić information content (AvgIpc) is 3.73. The van der Waals surface area contributed by atoms with Gasteiger partial charge in [-0.15, -0.1) is 0 Å². The van der Waals surface area contributed by atoms with Crippen LogP contribution in [0.4, 0.5) is 0 Å². The highest BCUT2D eigenvalue weighted by Crippen LogP contribution is 2.48. The Kier molecular flexibility index (Phi) is 9.51. The van der Waals surface area contributed by atoms with Gasteiger partial charge in [0.1, 0.15) is 0 Å². The lowest BCUT2D eigenvalue weighted by molar-refractivity contribution is 1.07. The molecule has 11 aromatic rings. The molecule has 0 atom stereocenters. The summed E-state index contributed by atoms with van der Waals surface area (Å²) in [5.41, 5.74) is 19.3. The quantitative estimate of drug-likeness (QED) is 0.153. The molecule has 306 valence electrons. The number of fused-ring (bicyclic) bond motifs is 3.